The fourth-order valence-electron chi connectivity index (χ4n) is 5.02. The molecule has 0 radical (unpaired) electrons. The Hall–Kier alpha value is -3.94. The van der Waals surface area contributed by atoms with E-state index in [0.717, 1.165) is 17.1 Å². The number of rotatable bonds is 7. The van der Waals surface area contributed by atoms with Crippen LogP contribution in [0.2, 0.25) is 0 Å². The van der Waals surface area contributed by atoms with Crippen LogP contribution in [-0.2, 0) is 14.4 Å². The minimum Gasteiger partial charge on any atom is -0.483 e. The first kappa shape index (κ1) is 21.9. The first-order valence-corrected chi connectivity index (χ1v) is 11.3. The Morgan fingerprint density at radius 1 is 1.09 bits per heavy atom. The van der Waals surface area contributed by atoms with Crippen LogP contribution in [0.4, 0.5) is 11.4 Å². The Bertz CT molecular complexity index is 1160. The highest BCUT2D eigenvalue weighted by Gasteiger charge is 2.59. The highest BCUT2D eigenvalue weighted by Crippen LogP contribution is 2.52. The number of allylic oxidation sites excluding steroid dienone is 2. The first-order valence-electron chi connectivity index (χ1n) is 11.3. The zero-order chi connectivity index (χ0) is 23.8. The average Bonchev–Trinajstić information content (AvgIpc) is 3.51. The van der Waals surface area contributed by atoms with E-state index < -0.39 is 0 Å². The van der Waals surface area contributed by atoms with Crippen LogP contribution >= 0.6 is 0 Å². The quantitative estimate of drug-likeness (QED) is 0.391. The maximum absolute atomic E-state index is 12.9. The molecule has 0 spiro atoms. The molecule has 1 aliphatic heterocycles. The van der Waals surface area contributed by atoms with Gasteiger partial charge in [0.25, 0.3) is 17.7 Å². The number of benzene rings is 2. The molecule has 3 aliphatic rings. The van der Waals surface area contributed by atoms with E-state index >= 15 is 0 Å². The molecule has 8 nitrogen and oxygen atoms in total. The number of anilines is 2. The molecular formula is C26H26N4O4. The van der Waals surface area contributed by atoms with Crippen molar-refractivity contribution < 1.29 is 19.1 Å². The second-order valence-electron chi connectivity index (χ2n) is 9.05. The standard InChI is InChI=1S/C26H26N4O4/c1-29(2)20-11-10-18(21(13-20)34-15-22(31)28-19-6-4-3-5-7-19)14-27-30-25(32)23-16-8-9-17(12-16)24(23)26(30)33/h3-11,13-14,16-17,23-24H,12,15H2,1-2H3,(H,28,31)/t16-,17-,23-,24+/m0/s1. The first-order chi connectivity index (χ1) is 16.4. The van der Waals surface area contributed by atoms with Gasteiger partial charge in [0.1, 0.15) is 5.75 Å². The minimum atomic E-state index is -0.301. The number of carbonyl (C=O) groups is 3. The Labute approximate surface area is 197 Å². The fourth-order valence-corrected chi connectivity index (χ4v) is 5.02. The van der Waals surface area contributed by atoms with Crippen LogP contribution in [0.25, 0.3) is 0 Å². The molecule has 1 saturated carbocycles. The summed E-state index contributed by atoms with van der Waals surface area (Å²) in [6.45, 7) is -0.201. The summed E-state index contributed by atoms with van der Waals surface area (Å²) < 4.78 is 5.82. The van der Waals surface area contributed by atoms with E-state index in [1.54, 1.807) is 24.3 Å². The van der Waals surface area contributed by atoms with E-state index in [4.69, 9.17) is 4.74 Å². The molecule has 5 rings (SSSR count). The number of imide groups is 1. The largest absolute Gasteiger partial charge is 0.483 e. The summed E-state index contributed by atoms with van der Waals surface area (Å²) in [5, 5.41) is 8.04. The summed E-state index contributed by atoms with van der Waals surface area (Å²) in [6.07, 6.45) is 6.43. The lowest BCUT2D eigenvalue weighted by Crippen LogP contribution is -2.28. The van der Waals surface area contributed by atoms with Crippen LogP contribution in [0, 0.1) is 23.7 Å². The van der Waals surface area contributed by atoms with Crippen molar-refractivity contribution in [1.82, 2.24) is 5.01 Å². The summed E-state index contributed by atoms with van der Waals surface area (Å²) in [5.41, 5.74) is 2.12. The SMILES string of the molecule is CN(C)c1ccc(C=NN2C(=O)[C@@H]3[C@H](C2=O)[C@H]2C=C[C@H]3C2)c(OCC(=O)Nc2ccccc2)c1. The maximum atomic E-state index is 12.9. The van der Waals surface area contributed by atoms with Gasteiger partial charge < -0.3 is 15.0 Å². The van der Waals surface area contributed by atoms with Crippen molar-refractivity contribution in [2.45, 2.75) is 6.42 Å². The maximum Gasteiger partial charge on any atom is 0.262 e. The summed E-state index contributed by atoms with van der Waals surface area (Å²) in [5.74, 6) is -0.679. The molecule has 174 valence electrons. The van der Waals surface area contributed by atoms with Crippen molar-refractivity contribution >= 4 is 35.3 Å². The van der Waals surface area contributed by atoms with Gasteiger partial charge in [0.15, 0.2) is 6.61 Å². The molecule has 8 heteroatoms. The number of amides is 3. The Morgan fingerprint density at radius 2 is 1.76 bits per heavy atom. The monoisotopic (exact) mass is 458 g/mol. The lowest BCUT2D eigenvalue weighted by molar-refractivity contribution is -0.140. The van der Waals surface area contributed by atoms with Crippen LogP contribution in [0.3, 0.4) is 0 Å². The van der Waals surface area contributed by atoms with Crippen molar-refractivity contribution in [2.24, 2.45) is 28.8 Å². The number of para-hydroxylation sites is 1. The van der Waals surface area contributed by atoms with Gasteiger partial charge in [0.05, 0.1) is 18.1 Å². The number of hydrogen-bond acceptors (Lipinski definition) is 6. The normalized spacial score (nSPS) is 24.7. The number of nitrogens with zero attached hydrogens (tertiary/aromatic N) is 3. The third-order valence-corrected chi connectivity index (χ3v) is 6.69. The topological polar surface area (TPSA) is 91.3 Å². The predicted octanol–water partition coefficient (Wildman–Crippen LogP) is 2.91. The molecular weight excluding hydrogens is 432 g/mol. The van der Waals surface area contributed by atoms with Crippen LogP contribution < -0.4 is 15.0 Å². The van der Waals surface area contributed by atoms with E-state index in [9.17, 15) is 14.4 Å². The van der Waals surface area contributed by atoms with E-state index in [-0.39, 0.29) is 48.0 Å². The molecule has 1 N–H and O–H groups in total. The molecule has 1 heterocycles. The van der Waals surface area contributed by atoms with Crippen LogP contribution in [0.5, 0.6) is 5.75 Å². The van der Waals surface area contributed by atoms with Crippen molar-refractivity contribution in [2.75, 3.05) is 30.9 Å². The number of hydrazone groups is 1. The minimum absolute atomic E-state index is 0.132. The van der Waals surface area contributed by atoms with Crippen LogP contribution in [0.1, 0.15) is 12.0 Å². The van der Waals surface area contributed by atoms with Crippen molar-refractivity contribution in [1.29, 1.82) is 0 Å². The number of ether oxygens (including phenoxy) is 1. The molecule has 4 atom stereocenters. The Balaban J connectivity index is 1.32. The third kappa shape index (κ3) is 3.96. The number of fused-ring (bicyclic) bond motifs is 5. The van der Waals surface area contributed by atoms with Crippen LogP contribution in [0.15, 0.2) is 65.8 Å². The lowest BCUT2D eigenvalue weighted by atomic mass is 9.85. The van der Waals surface area contributed by atoms with Gasteiger partial charge in [-0.1, -0.05) is 30.4 Å². The molecule has 0 unspecified atom stereocenters. The molecule has 2 bridgehead atoms. The van der Waals surface area contributed by atoms with E-state index in [2.05, 4.69) is 22.6 Å². The fraction of sp³-hybridized carbons (Fsp3) is 0.308. The summed E-state index contributed by atoms with van der Waals surface area (Å²) in [6, 6.07) is 14.6. The molecule has 1 saturated heterocycles. The predicted molar refractivity (Wildman–Crippen MR) is 128 cm³/mol. The smallest absolute Gasteiger partial charge is 0.262 e. The Kier molecular flexibility index (Phi) is 5.65. The molecule has 2 fully saturated rings. The van der Waals surface area contributed by atoms with E-state index in [0.29, 0.717) is 17.0 Å². The van der Waals surface area contributed by atoms with Crippen molar-refractivity contribution in [3.63, 3.8) is 0 Å². The van der Waals surface area contributed by atoms with E-state index in [1.165, 1.54) is 6.21 Å². The van der Waals surface area contributed by atoms with Gasteiger partial charge in [-0.05, 0) is 42.5 Å². The molecule has 2 aliphatic carbocycles. The highest BCUT2D eigenvalue weighted by atomic mass is 16.5. The second kappa shape index (κ2) is 8.78. The summed E-state index contributed by atoms with van der Waals surface area (Å²) in [4.78, 5) is 40.1. The van der Waals surface area contributed by atoms with Gasteiger partial charge in [-0.15, -0.1) is 0 Å². The van der Waals surface area contributed by atoms with Gasteiger partial charge in [0.2, 0.25) is 0 Å². The zero-order valence-electron chi connectivity index (χ0n) is 19.0. The number of carbonyl (C=O) groups excluding carboxylic acids is 3. The van der Waals surface area contributed by atoms with Gasteiger partial charge in [-0.2, -0.15) is 10.1 Å². The van der Waals surface area contributed by atoms with Gasteiger partial charge >= 0.3 is 0 Å². The lowest BCUT2D eigenvalue weighted by Gasteiger charge is -2.16. The summed E-state index contributed by atoms with van der Waals surface area (Å²) in [7, 11) is 3.80. The molecule has 2 aromatic rings. The van der Waals surface area contributed by atoms with Crippen LogP contribution in [-0.4, -0.2) is 49.6 Å². The zero-order valence-corrected chi connectivity index (χ0v) is 19.0. The molecule has 34 heavy (non-hydrogen) atoms. The van der Waals surface area contributed by atoms with Crippen molar-refractivity contribution in [3.05, 3.63) is 66.2 Å². The van der Waals surface area contributed by atoms with Gasteiger partial charge in [-0.3, -0.25) is 14.4 Å². The number of hydrogen-bond donors (Lipinski definition) is 1. The average molecular weight is 459 g/mol. The molecule has 0 aromatic heterocycles. The summed E-state index contributed by atoms with van der Waals surface area (Å²) >= 11 is 0. The third-order valence-electron chi connectivity index (χ3n) is 6.69. The molecule has 2 aromatic carbocycles. The van der Waals surface area contributed by atoms with E-state index in [1.807, 2.05) is 43.3 Å². The molecule has 3 amide bonds. The number of nitrogens with one attached hydrogen (secondary N) is 1. The van der Waals surface area contributed by atoms with Gasteiger partial charge in [0, 0.05) is 37.1 Å². The second-order valence-corrected chi connectivity index (χ2v) is 9.05. The highest BCUT2D eigenvalue weighted by molar-refractivity contribution is 6.07. The van der Waals surface area contributed by atoms with Gasteiger partial charge in [-0.25, -0.2) is 0 Å². The Morgan fingerprint density at radius 3 is 2.41 bits per heavy atom. The van der Waals surface area contributed by atoms with Crippen molar-refractivity contribution in [3.8, 4) is 5.75 Å².